The zero-order chi connectivity index (χ0) is 12.1. The Hall–Kier alpha value is -0.350. The first-order valence-corrected chi connectivity index (χ1v) is 8.52. The van der Waals surface area contributed by atoms with Crippen LogP contribution < -0.4 is 0 Å². The maximum Gasteiger partial charge on any atom is -0.00464 e. The molecule has 1 aromatic carbocycles. The lowest BCUT2D eigenvalue weighted by atomic mass is 9.90. The molecule has 0 spiro atoms. The normalized spacial score (nSPS) is 17.8. The molecule has 0 amide bonds. The summed E-state index contributed by atoms with van der Waals surface area (Å²) in [6.07, 6.45) is 9.51. The van der Waals surface area contributed by atoms with E-state index in [1.54, 1.807) is 5.56 Å². The Bertz CT molecular complexity index is 335. The van der Waals surface area contributed by atoms with E-state index < -0.39 is 0 Å². The van der Waals surface area contributed by atoms with Crippen molar-refractivity contribution >= 4 is 8.58 Å². The van der Waals surface area contributed by atoms with Gasteiger partial charge in [-0.2, -0.15) is 0 Å². The third-order valence-electron chi connectivity index (χ3n) is 3.99. The fourth-order valence-electron chi connectivity index (χ4n) is 2.75. The summed E-state index contributed by atoms with van der Waals surface area (Å²) in [6.45, 7) is 4.59. The molecule has 0 N–H and O–H groups in total. The molecule has 1 aliphatic rings. The van der Waals surface area contributed by atoms with E-state index in [1.807, 2.05) is 0 Å². The average molecular weight is 248 g/mol. The first-order valence-electron chi connectivity index (χ1n) is 7.11. The molecule has 0 bridgehead atoms. The predicted molar refractivity (Wildman–Crippen MR) is 79.7 cm³/mol. The highest BCUT2D eigenvalue weighted by Crippen LogP contribution is 2.51. The molecule has 1 aliphatic carbocycles. The van der Waals surface area contributed by atoms with Crippen LogP contribution in [-0.2, 0) is 11.8 Å². The van der Waals surface area contributed by atoms with E-state index >= 15 is 0 Å². The van der Waals surface area contributed by atoms with Gasteiger partial charge in [-0.3, -0.25) is 0 Å². The summed E-state index contributed by atoms with van der Waals surface area (Å²) in [5.41, 5.74) is 3.71. The summed E-state index contributed by atoms with van der Waals surface area (Å²) in [4.78, 5) is 0. The standard InChI is InChI=1S/C16H25P/c1-3-10-16(11-12-16)15-7-5-14(6-8-15)9-13-17-4-2/h5-8,17H,3-4,9-13H2,1-2H3. The van der Waals surface area contributed by atoms with Crippen molar-refractivity contribution in [1.29, 1.82) is 0 Å². The number of rotatable bonds is 7. The second-order valence-corrected chi connectivity index (χ2v) is 7.04. The van der Waals surface area contributed by atoms with E-state index in [-0.39, 0.29) is 0 Å². The number of hydrogen-bond acceptors (Lipinski definition) is 0. The van der Waals surface area contributed by atoms with Crippen molar-refractivity contribution in [2.75, 3.05) is 12.3 Å². The summed E-state index contributed by atoms with van der Waals surface area (Å²) >= 11 is 0. The summed E-state index contributed by atoms with van der Waals surface area (Å²) in [7, 11) is 1.14. The van der Waals surface area contributed by atoms with Gasteiger partial charge in [0.25, 0.3) is 0 Å². The Morgan fingerprint density at radius 1 is 1.12 bits per heavy atom. The second kappa shape index (κ2) is 6.01. The van der Waals surface area contributed by atoms with Crippen molar-refractivity contribution in [3.05, 3.63) is 35.4 Å². The van der Waals surface area contributed by atoms with Gasteiger partial charge < -0.3 is 0 Å². The summed E-state index contributed by atoms with van der Waals surface area (Å²) < 4.78 is 0. The van der Waals surface area contributed by atoms with E-state index in [2.05, 4.69) is 38.1 Å². The molecule has 0 saturated heterocycles. The third-order valence-corrected chi connectivity index (χ3v) is 5.09. The molecular weight excluding hydrogens is 223 g/mol. The molecule has 0 aromatic heterocycles. The van der Waals surface area contributed by atoms with Crippen LogP contribution in [0.5, 0.6) is 0 Å². The monoisotopic (exact) mass is 248 g/mol. The number of benzene rings is 1. The van der Waals surface area contributed by atoms with Gasteiger partial charge in [0.15, 0.2) is 0 Å². The van der Waals surface area contributed by atoms with Crippen molar-refractivity contribution in [2.45, 2.75) is 51.4 Å². The van der Waals surface area contributed by atoms with Gasteiger partial charge in [0, 0.05) is 0 Å². The molecule has 1 saturated carbocycles. The van der Waals surface area contributed by atoms with Crippen LogP contribution >= 0.6 is 8.58 Å². The lowest BCUT2D eigenvalue weighted by molar-refractivity contribution is 0.606. The molecule has 0 nitrogen and oxygen atoms in total. The van der Waals surface area contributed by atoms with Gasteiger partial charge in [0.2, 0.25) is 0 Å². The van der Waals surface area contributed by atoms with E-state index in [9.17, 15) is 0 Å². The van der Waals surface area contributed by atoms with Crippen LogP contribution in [-0.4, -0.2) is 12.3 Å². The fourth-order valence-corrected chi connectivity index (χ4v) is 3.57. The van der Waals surface area contributed by atoms with Gasteiger partial charge in [-0.15, -0.1) is 8.58 Å². The third kappa shape index (κ3) is 3.32. The lowest BCUT2D eigenvalue weighted by Gasteiger charge is -2.15. The summed E-state index contributed by atoms with van der Waals surface area (Å²) in [5, 5.41) is 0. The molecule has 1 aromatic rings. The Balaban J connectivity index is 1.94. The summed E-state index contributed by atoms with van der Waals surface area (Å²) in [6, 6.07) is 9.52. The van der Waals surface area contributed by atoms with Crippen LogP contribution in [0, 0.1) is 0 Å². The molecule has 17 heavy (non-hydrogen) atoms. The molecule has 1 unspecified atom stereocenters. The Morgan fingerprint density at radius 2 is 1.82 bits per heavy atom. The van der Waals surface area contributed by atoms with E-state index in [0.29, 0.717) is 5.41 Å². The highest BCUT2D eigenvalue weighted by Gasteiger charge is 2.42. The highest BCUT2D eigenvalue weighted by molar-refractivity contribution is 7.37. The van der Waals surface area contributed by atoms with Gasteiger partial charge in [0.1, 0.15) is 0 Å². The van der Waals surface area contributed by atoms with Crippen LogP contribution in [0.1, 0.15) is 50.7 Å². The molecule has 0 radical (unpaired) electrons. The SMILES string of the molecule is CCCC1(c2ccc(CCPCC)cc2)CC1. The van der Waals surface area contributed by atoms with Crippen LogP contribution in [0.3, 0.4) is 0 Å². The van der Waals surface area contributed by atoms with Crippen molar-refractivity contribution < 1.29 is 0 Å². The van der Waals surface area contributed by atoms with Crippen molar-refractivity contribution in [1.82, 2.24) is 0 Å². The molecule has 1 atom stereocenters. The van der Waals surface area contributed by atoms with Crippen molar-refractivity contribution in [2.24, 2.45) is 0 Å². The molecule has 94 valence electrons. The average Bonchev–Trinajstić information content (AvgIpc) is 3.12. The lowest BCUT2D eigenvalue weighted by Crippen LogP contribution is -2.05. The van der Waals surface area contributed by atoms with Gasteiger partial charge in [-0.05, 0) is 54.5 Å². The largest absolute Gasteiger partial charge is 0.122 e. The van der Waals surface area contributed by atoms with Gasteiger partial charge in [-0.25, -0.2) is 0 Å². The van der Waals surface area contributed by atoms with Crippen LogP contribution in [0.2, 0.25) is 0 Å². The van der Waals surface area contributed by atoms with E-state index in [1.165, 1.54) is 50.0 Å². The summed E-state index contributed by atoms with van der Waals surface area (Å²) in [5.74, 6) is 0. The highest BCUT2D eigenvalue weighted by atomic mass is 31.1. The molecule has 0 heterocycles. The minimum atomic E-state index is 0.582. The molecule has 1 heteroatoms. The van der Waals surface area contributed by atoms with E-state index in [0.717, 1.165) is 8.58 Å². The molecular formula is C16H25P. The predicted octanol–water partition coefficient (Wildman–Crippen LogP) is 4.76. The molecule has 2 rings (SSSR count). The number of aryl methyl sites for hydroxylation is 1. The van der Waals surface area contributed by atoms with E-state index in [4.69, 9.17) is 0 Å². The zero-order valence-electron chi connectivity index (χ0n) is 11.3. The van der Waals surface area contributed by atoms with Gasteiger partial charge in [0.05, 0.1) is 0 Å². The van der Waals surface area contributed by atoms with Crippen molar-refractivity contribution in [3.8, 4) is 0 Å². The molecule has 0 aliphatic heterocycles. The topological polar surface area (TPSA) is 0 Å². The minimum Gasteiger partial charge on any atom is -0.122 e. The first-order chi connectivity index (χ1) is 8.30. The second-order valence-electron chi connectivity index (χ2n) is 5.33. The Labute approximate surface area is 108 Å². The Kier molecular flexibility index (Phi) is 4.62. The molecule has 1 fully saturated rings. The minimum absolute atomic E-state index is 0.582. The Morgan fingerprint density at radius 3 is 2.35 bits per heavy atom. The van der Waals surface area contributed by atoms with Gasteiger partial charge in [-0.1, -0.05) is 44.5 Å². The van der Waals surface area contributed by atoms with Gasteiger partial charge >= 0.3 is 0 Å². The quantitative estimate of drug-likeness (QED) is 0.482. The maximum atomic E-state index is 2.40. The zero-order valence-corrected chi connectivity index (χ0v) is 12.3. The first kappa shape index (κ1) is 13.1. The van der Waals surface area contributed by atoms with Crippen LogP contribution in [0.15, 0.2) is 24.3 Å². The van der Waals surface area contributed by atoms with Crippen LogP contribution in [0.25, 0.3) is 0 Å². The van der Waals surface area contributed by atoms with Crippen molar-refractivity contribution in [3.63, 3.8) is 0 Å². The maximum absolute atomic E-state index is 2.40. The van der Waals surface area contributed by atoms with Crippen LogP contribution in [0.4, 0.5) is 0 Å². The smallest absolute Gasteiger partial charge is 0.00464 e. The number of hydrogen-bond donors (Lipinski definition) is 0. The fraction of sp³-hybridized carbons (Fsp3) is 0.625.